The second-order valence-electron chi connectivity index (χ2n) is 3.84. The van der Waals surface area contributed by atoms with E-state index in [2.05, 4.69) is 10.8 Å². The summed E-state index contributed by atoms with van der Waals surface area (Å²) < 4.78 is 17.9. The quantitative estimate of drug-likeness (QED) is 0.715. The van der Waals surface area contributed by atoms with Crippen LogP contribution in [0, 0.1) is 5.82 Å². The highest BCUT2D eigenvalue weighted by atomic mass is 19.1. The van der Waals surface area contributed by atoms with E-state index < -0.39 is 11.8 Å². The molecule has 1 aliphatic carbocycles. The van der Waals surface area contributed by atoms with Crippen molar-refractivity contribution >= 4 is 11.5 Å². The van der Waals surface area contributed by atoms with Gasteiger partial charge in [0.2, 0.25) is 0 Å². The van der Waals surface area contributed by atoms with Crippen LogP contribution in [-0.2, 0) is 4.74 Å². The summed E-state index contributed by atoms with van der Waals surface area (Å²) in [6, 6.07) is 4.35. The summed E-state index contributed by atoms with van der Waals surface area (Å²) in [6.45, 7) is 0. The minimum atomic E-state index is -0.501. The highest BCUT2D eigenvalue weighted by Crippen LogP contribution is 2.28. The van der Waals surface area contributed by atoms with Crippen molar-refractivity contribution in [2.24, 2.45) is 0 Å². The van der Waals surface area contributed by atoms with E-state index in [0.717, 1.165) is 30.4 Å². The lowest BCUT2D eigenvalue weighted by molar-refractivity contribution is 0.0600. The van der Waals surface area contributed by atoms with Crippen LogP contribution >= 0.6 is 0 Å². The third-order valence-electron chi connectivity index (χ3n) is 2.73. The van der Waals surface area contributed by atoms with Crippen molar-refractivity contribution in [3.63, 3.8) is 0 Å². The standard InChI is InChI=1S/C13H13FO2/c1-16-13(15)11-6-10(7-12(14)8-11)9-4-2-3-5-9/h4,6-8H,2-3,5H2,1H3. The number of halogens is 1. The molecule has 0 saturated carbocycles. The summed E-state index contributed by atoms with van der Waals surface area (Å²) in [6.07, 6.45) is 5.17. The average molecular weight is 220 g/mol. The molecule has 0 saturated heterocycles. The van der Waals surface area contributed by atoms with Gasteiger partial charge in [-0.3, -0.25) is 0 Å². The molecule has 0 fully saturated rings. The largest absolute Gasteiger partial charge is 0.465 e. The summed E-state index contributed by atoms with van der Waals surface area (Å²) in [4.78, 5) is 11.3. The Balaban J connectivity index is 2.39. The maximum absolute atomic E-state index is 13.3. The molecule has 16 heavy (non-hydrogen) atoms. The zero-order valence-electron chi connectivity index (χ0n) is 9.13. The van der Waals surface area contributed by atoms with Crippen molar-refractivity contribution in [1.29, 1.82) is 0 Å². The number of carbonyl (C=O) groups excluding carboxylic acids is 1. The number of rotatable bonds is 2. The second kappa shape index (κ2) is 4.47. The fraction of sp³-hybridized carbons (Fsp3) is 0.308. The Kier molecular flexibility index (Phi) is 3.04. The van der Waals surface area contributed by atoms with Crippen molar-refractivity contribution in [2.75, 3.05) is 7.11 Å². The first-order valence-corrected chi connectivity index (χ1v) is 5.29. The summed E-state index contributed by atoms with van der Waals surface area (Å²) in [5, 5.41) is 0. The third-order valence-corrected chi connectivity index (χ3v) is 2.73. The Morgan fingerprint density at radius 2 is 2.19 bits per heavy atom. The molecule has 0 atom stereocenters. The van der Waals surface area contributed by atoms with Crippen LogP contribution in [0.15, 0.2) is 24.3 Å². The van der Waals surface area contributed by atoms with Gasteiger partial charge in [-0.2, -0.15) is 0 Å². The minimum absolute atomic E-state index is 0.269. The number of carbonyl (C=O) groups is 1. The molecule has 1 aromatic rings. The summed E-state index contributed by atoms with van der Waals surface area (Å²) in [7, 11) is 1.29. The van der Waals surface area contributed by atoms with Gasteiger partial charge in [0, 0.05) is 0 Å². The van der Waals surface area contributed by atoms with E-state index >= 15 is 0 Å². The Labute approximate surface area is 93.7 Å². The van der Waals surface area contributed by atoms with Crippen LogP contribution in [0.25, 0.3) is 5.57 Å². The first kappa shape index (κ1) is 10.9. The molecule has 0 radical (unpaired) electrons. The minimum Gasteiger partial charge on any atom is -0.465 e. The molecule has 2 nitrogen and oxygen atoms in total. The van der Waals surface area contributed by atoms with Crippen molar-refractivity contribution in [2.45, 2.75) is 19.3 Å². The smallest absolute Gasteiger partial charge is 0.337 e. The van der Waals surface area contributed by atoms with Crippen LogP contribution in [0.3, 0.4) is 0 Å². The number of hydrogen-bond acceptors (Lipinski definition) is 2. The number of benzene rings is 1. The number of hydrogen-bond donors (Lipinski definition) is 0. The van der Waals surface area contributed by atoms with E-state index in [1.54, 1.807) is 6.07 Å². The lowest BCUT2D eigenvalue weighted by Gasteiger charge is -2.05. The van der Waals surface area contributed by atoms with E-state index in [1.165, 1.54) is 19.2 Å². The van der Waals surface area contributed by atoms with E-state index in [0.29, 0.717) is 0 Å². The Bertz CT molecular complexity index is 449. The number of esters is 1. The topological polar surface area (TPSA) is 26.3 Å². The first-order chi connectivity index (χ1) is 7.70. The highest BCUT2D eigenvalue weighted by molar-refractivity contribution is 5.90. The van der Waals surface area contributed by atoms with Crippen LogP contribution in [0.4, 0.5) is 4.39 Å². The Morgan fingerprint density at radius 3 is 2.81 bits per heavy atom. The molecule has 0 bridgehead atoms. The molecule has 0 aromatic heterocycles. The van der Waals surface area contributed by atoms with Crippen molar-refractivity contribution in [1.82, 2.24) is 0 Å². The van der Waals surface area contributed by atoms with E-state index in [1.807, 2.05) is 0 Å². The molecule has 1 aliphatic rings. The van der Waals surface area contributed by atoms with Gasteiger partial charge in [0.1, 0.15) is 5.82 Å². The maximum atomic E-state index is 13.3. The van der Waals surface area contributed by atoms with Gasteiger partial charge in [-0.15, -0.1) is 0 Å². The number of allylic oxidation sites excluding steroid dienone is 2. The van der Waals surface area contributed by atoms with Crippen LogP contribution in [0.1, 0.15) is 35.2 Å². The van der Waals surface area contributed by atoms with Gasteiger partial charge >= 0.3 is 5.97 Å². The third kappa shape index (κ3) is 2.13. The molecule has 0 N–H and O–H groups in total. The average Bonchev–Trinajstić information content (AvgIpc) is 2.80. The van der Waals surface area contributed by atoms with E-state index in [4.69, 9.17) is 0 Å². The Morgan fingerprint density at radius 1 is 1.38 bits per heavy atom. The van der Waals surface area contributed by atoms with Crippen molar-refractivity contribution in [3.05, 3.63) is 41.2 Å². The first-order valence-electron chi connectivity index (χ1n) is 5.29. The number of ether oxygens (including phenoxy) is 1. The van der Waals surface area contributed by atoms with Crippen LogP contribution in [0.2, 0.25) is 0 Å². The normalized spacial score (nSPS) is 14.8. The molecule has 3 heteroatoms. The van der Waals surface area contributed by atoms with E-state index in [9.17, 15) is 9.18 Å². The highest BCUT2D eigenvalue weighted by Gasteiger charge is 2.13. The van der Waals surface area contributed by atoms with Gasteiger partial charge in [-0.1, -0.05) is 6.08 Å². The molecule has 0 aliphatic heterocycles. The zero-order valence-corrected chi connectivity index (χ0v) is 9.13. The fourth-order valence-corrected chi connectivity index (χ4v) is 1.94. The molecule has 0 spiro atoms. The van der Waals surface area contributed by atoms with Crippen LogP contribution in [-0.4, -0.2) is 13.1 Å². The molecular weight excluding hydrogens is 207 g/mol. The van der Waals surface area contributed by atoms with Crippen LogP contribution in [0.5, 0.6) is 0 Å². The zero-order chi connectivity index (χ0) is 11.5. The van der Waals surface area contributed by atoms with Crippen molar-refractivity contribution < 1.29 is 13.9 Å². The molecule has 84 valence electrons. The van der Waals surface area contributed by atoms with Gasteiger partial charge in [0.05, 0.1) is 12.7 Å². The van der Waals surface area contributed by atoms with Gasteiger partial charge in [-0.25, -0.2) is 9.18 Å². The maximum Gasteiger partial charge on any atom is 0.337 e. The molecule has 2 rings (SSSR count). The Hall–Kier alpha value is -1.64. The molecule has 1 aromatic carbocycles. The van der Waals surface area contributed by atoms with Gasteiger partial charge in [0.25, 0.3) is 0 Å². The van der Waals surface area contributed by atoms with Crippen LogP contribution < -0.4 is 0 Å². The lowest BCUT2D eigenvalue weighted by atomic mass is 10.0. The van der Waals surface area contributed by atoms with Gasteiger partial charge in [-0.05, 0) is 48.6 Å². The van der Waals surface area contributed by atoms with Gasteiger partial charge < -0.3 is 4.74 Å². The molecular formula is C13H13FO2. The second-order valence-corrected chi connectivity index (χ2v) is 3.84. The molecule has 0 unspecified atom stereocenters. The predicted molar refractivity (Wildman–Crippen MR) is 59.6 cm³/mol. The monoisotopic (exact) mass is 220 g/mol. The predicted octanol–water partition coefficient (Wildman–Crippen LogP) is 3.18. The van der Waals surface area contributed by atoms with Gasteiger partial charge in [0.15, 0.2) is 0 Å². The lowest BCUT2D eigenvalue weighted by Crippen LogP contribution is -2.02. The fourth-order valence-electron chi connectivity index (χ4n) is 1.94. The van der Waals surface area contributed by atoms with E-state index in [-0.39, 0.29) is 5.56 Å². The summed E-state index contributed by atoms with van der Waals surface area (Å²) in [5.74, 6) is -0.898. The SMILES string of the molecule is COC(=O)c1cc(F)cc(C2=CCCC2)c1. The molecule has 0 heterocycles. The van der Waals surface area contributed by atoms with Crippen molar-refractivity contribution in [3.8, 4) is 0 Å². The molecule has 0 amide bonds. The number of methoxy groups -OCH3 is 1. The summed E-state index contributed by atoms with van der Waals surface area (Å²) in [5.41, 5.74) is 2.17. The summed E-state index contributed by atoms with van der Waals surface area (Å²) >= 11 is 0.